The molecule has 0 spiro atoms. The van der Waals surface area contributed by atoms with Crippen LogP contribution in [0.15, 0.2) is 5.38 Å². The van der Waals surface area contributed by atoms with Gasteiger partial charge in [0.1, 0.15) is 0 Å². The Morgan fingerprint density at radius 3 is 3.31 bits per heavy atom. The first-order valence-corrected chi connectivity index (χ1v) is 5.34. The molecule has 0 aromatic carbocycles. The molecule has 2 rings (SSSR count). The first-order chi connectivity index (χ1) is 6.40. The molecule has 1 N–H and O–H groups in total. The zero-order valence-electron chi connectivity index (χ0n) is 7.39. The highest BCUT2D eigenvalue weighted by atomic mass is 32.1. The molecule has 0 unspecified atom stereocenters. The van der Waals surface area contributed by atoms with Gasteiger partial charge >= 0.3 is 0 Å². The molecule has 1 aromatic heterocycles. The van der Waals surface area contributed by atoms with Crippen molar-refractivity contribution in [1.82, 2.24) is 14.5 Å². The van der Waals surface area contributed by atoms with E-state index in [1.165, 1.54) is 18.0 Å². The van der Waals surface area contributed by atoms with Crippen LogP contribution in [0.1, 0.15) is 18.5 Å². The molecular formula is C8H13N3OS. The molecule has 1 aromatic rings. The fourth-order valence-corrected chi connectivity index (χ4v) is 2.21. The Bertz CT molecular complexity index is 252. The standard InChI is InChI=1S/C8H13N3OS/c12-5-8-2-1-3-11(8)4-7-6-13-10-9-7/h6,8,12H,1-5H2/t8-/m1/s1. The van der Waals surface area contributed by atoms with Crippen LogP contribution in [0, 0.1) is 0 Å². The minimum Gasteiger partial charge on any atom is -0.395 e. The topological polar surface area (TPSA) is 49.2 Å². The maximum absolute atomic E-state index is 9.09. The normalized spacial score (nSPS) is 23.9. The summed E-state index contributed by atoms with van der Waals surface area (Å²) in [4.78, 5) is 2.27. The predicted octanol–water partition coefficient (Wildman–Crippen LogP) is 0.495. The van der Waals surface area contributed by atoms with Crippen molar-refractivity contribution in [2.45, 2.75) is 25.4 Å². The van der Waals surface area contributed by atoms with Gasteiger partial charge < -0.3 is 5.11 Å². The molecule has 2 heterocycles. The molecule has 1 aliphatic rings. The molecular weight excluding hydrogens is 186 g/mol. The van der Waals surface area contributed by atoms with Crippen LogP contribution in [0.2, 0.25) is 0 Å². The van der Waals surface area contributed by atoms with Crippen LogP contribution in [-0.4, -0.2) is 38.8 Å². The Morgan fingerprint density at radius 1 is 1.69 bits per heavy atom. The maximum Gasteiger partial charge on any atom is 0.0895 e. The van der Waals surface area contributed by atoms with Crippen LogP contribution < -0.4 is 0 Å². The molecule has 5 heteroatoms. The highest BCUT2D eigenvalue weighted by Crippen LogP contribution is 2.18. The maximum atomic E-state index is 9.09. The van der Waals surface area contributed by atoms with Crippen molar-refractivity contribution in [2.24, 2.45) is 0 Å². The SMILES string of the molecule is OC[C@H]1CCCN1Cc1csnn1. The molecule has 0 amide bonds. The first-order valence-electron chi connectivity index (χ1n) is 4.51. The van der Waals surface area contributed by atoms with Gasteiger partial charge in [0.15, 0.2) is 0 Å². The van der Waals surface area contributed by atoms with E-state index in [1.54, 1.807) is 0 Å². The minimum absolute atomic E-state index is 0.261. The lowest BCUT2D eigenvalue weighted by Crippen LogP contribution is -2.31. The van der Waals surface area contributed by atoms with Crippen LogP contribution in [0.25, 0.3) is 0 Å². The van der Waals surface area contributed by atoms with Gasteiger partial charge in [0.25, 0.3) is 0 Å². The second-order valence-corrected chi connectivity index (χ2v) is 3.96. The summed E-state index contributed by atoms with van der Waals surface area (Å²) in [6.07, 6.45) is 2.29. The lowest BCUT2D eigenvalue weighted by molar-refractivity contribution is 0.152. The van der Waals surface area contributed by atoms with E-state index in [1.807, 2.05) is 5.38 Å². The van der Waals surface area contributed by atoms with Crippen LogP contribution in [-0.2, 0) is 6.54 Å². The fourth-order valence-electron chi connectivity index (χ4n) is 1.77. The summed E-state index contributed by atoms with van der Waals surface area (Å²) >= 11 is 1.38. The molecule has 0 saturated carbocycles. The molecule has 1 aliphatic heterocycles. The number of likely N-dealkylation sites (tertiary alicyclic amines) is 1. The summed E-state index contributed by atoms with van der Waals surface area (Å²) in [5.74, 6) is 0. The van der Waals surface area contributed by atoms with Gasteiger partial charge in [-0.3, -0.25) is 4.90 Å². The van der Waals surface area contributed by atoms with Crippen molar-refractivity contribution in [2.75, 3.05) is 13.2 Å². The largest absolute Gasteiger partial charge is 0.395 e. The molecule has 1 saturated heterocycles. The Hall–Kier alpha value is -0.520. The zero-order chi connectivity index (χ0) is 9.10. The smallest absolute Gasteiger partial charge is 0.0895 e. The second kappa shape index (κ2) is 4.13. The number of rotatable bonds is 3. The van der Waals surface area contributed by atoms with Gasteiger partial charge in [-0.2, -0.15) is 0 Å². The highest BCUT2D eigenvalue weighted by Gasteiger charge is 2.23. The van der Waals surface area contributed by atoms with Gasteiger partial charge in [0.2, 0.25) is 0 Å². The summed E-state index contributed by atoms with van der Waals surface area (Å²) < 4.78 is 3.82. The zero-order valence-corrected chi connectivity index (χ0v) is 8.20. The third-order valence-corrected chi connectivity index (χ3v) is 3.03. The van der Waals surface area contributed by atoms with Gasteiger partial charge in [-0.1, -0.05) is 4.49 Å². The van der Waals surface area contributed by atoms with Crippen LogP contribution in [0.3, 0.4) is 0 Å². The van der Waals surface area contributed by atoms with Gasteiger partial charge in [0.05, 0.1) is 12.3 Å². The Morgan fingerprint density at radius 2 is 2.62 bits per heavy atom. The second-order valence-electron chi connectivity index (χ2n) is 3.35. The molecule has 1 fully saturated rings. The third-order valence-electron chi connectivity index (χ3n) is 2.48. The summed E-state index contributed by atoms with van der Waals surface area (Å²) in [5.41, 5.74) is 1.02. The average Bonchev–Trinajstić information content (AvgIpc) is 2.76. The molecule has 1 atom stereocenters. The predicted molar refractivity (Wildman–Crippen MR) is 50.4 cm³/mol. The number of nitrogens with zero attached hydrogens (tertiary/aromatic N) is 3. The van der Waals surface area contributed by atoms with E-state index in [-0.39, 0.29) is 6.61 Å². The van der Waals surface area contributed by atoms with E-state index in [2.05, 4.69) is 14.5 Å². The summed E-state index contributed by atoms with van der Waals surface area (Å²) in [5, 5.41) is 15.0. The molecule has 72 valence electrons. The van der Waals surface area contributed by atoms with E-state index >= 15 is 0 Å². The van der Waals surface area contributed by atoms with Gasteiger partial charge in [-0.05, 0) is 30.9 Å². The van der Waals surface area contributed by atoms with E-state index in [0.717, 1.165) is 25.2 Å². The van der Waals surface area contributed by atoms with Gasteiger partial charge in [0, 0.05) is 18.0 Å². The van der Waals surface area contributed by atoms with E-state index in [4.69, 9.17) is 5.11 Å². The lowest BCUT2D eigenvalue weighted by atomic mass is 10.2. The summed E-state index contributed by atoms with van der Waals surface area (Å²) in [6.45, 7) is 2.17. The van der Waals surface area contributed by atoms with Crippen molar-refractivity contribution >= 4 is 11.5 Å². The molecule has 0 bridgehead atoms. The Balaban J connectivity index is 1.94. The van der Waals surface area contributed by atoms with Crippen molar-refractivity contribution in [3.63, 3.8) is 0 Å². The molecule has 0 aliphatic carbocycles. The van der Waals surface area contributed by atoms with Crippen molar-refractivity contribution < 1.29 is 5.11 Å². The monoisotopic (exact) mass is 199 g/mol. The number of aliphatic hydroxyl groups excluding tert-OH is 1. The van der Waals surface area contributed by atoms with Gasteiger partial charge in [-0.15, -0.1) is 5.10 Å². The molecule has 0 radical (unpaired) electrons. The van der Waals surface area contributed by atoms with Crippen LogP contribution in [0.4, 0.5) is 0 Å². The van der Waals surface area contributed by atoms with Crippen LogP contribution >= 0.6 is 11.5 Å². The van der Waals surface area contributed by atoms with E-state index in [0.29, 0.717) is 6.04 Å². The van der Waals surface area contributed by atoms with Crippen LogP contribution in [0.5, 0.6) is 0 Å². The van der Waals surface area contributed by atoms with E-state index < -0.39 is 0 Å². The third kappa shape index (κ3) is 2.04. The number of hydrogen-bond acceptors (Lipinski definition) is 5. The average molecular weight is 199 g/mol. The van der Waals surface area contributed by atoms with Crippen molar-refractivity contribution in [3.8, 4) is 0 Å². The number of hydrogen-bond donors (Lipinski definition) is 1. The fraction of sp³-hybridized carbons (Fsp3) is 0.750. The summed E-state index contributed by atoms with van der Waals surface area (Å²) in [7, 11) is 0. The number of aliphatic hydroxyl groups is 1. The highest BCUT2D eigenvalue weighted by molar-refractivity contribution is 7.03. The quantitative estimate of drug-likeness (QED) is 0.770. The first kappa shape index (κ1) is 9.05. The molecule has 13 heavy (non-hydrogen) atoms. The van der Waals surface area contributed by atoms with Gasteiger partial charge in [-0.25, -0.2) is 0 Å². The summed E-state index contributed by atoms with van der Waals surface area (Å²) in [6, 6.07) is 0.335. The lowest BCUT2D eigenvalue weighted by Gasteiger charge is -2.20. The Labute approximate surface area is 81.4 Å². The minimum atomic E-state index is 0.261. The van der Waals surface area contributed by atoms with Crippen molar-refractivity contribution in [3.05, 3.63) is 11.1 Å². The number of aromatic nitrogens is 2. The molecule has 4 nitrogen and oxygen atoms in total. The van der Waals surface area contributed by atoms with Crippen molar-refractivity contribution in [1.29, 1.82) is 0 Å². The van der Waals surface area contributed by atoms with E-state index in [9.17, 15) is 0 Å². The Kier molecular flexibility index (Phi) is 2.87.